The molecule has 8 nitrogen and oxygen atoms in total. The fraction of sp³-hybridized carbons (Fsp3) is 0.364. The minimum atomic E-state index is -1.24. The van der Waals surface area contributed by atoms with E-state index in [0.29, 0.717) is 0 Å². The summed E-state index contributed by atoms with van der Waals surface area (Å²) in [6.07, 6.45) is 1.99. The van der Waals surface area contributed by atoms with E-state index in [1.54, 1.807) is 13.8 Å². The van der Waals surface area contributed by atoms with E-state index >= 15 is 0 Å². The van der Waals surface area contributed by atoms with Crippen LogP contribution in [0.1, 0.15) is 34.8 Å². The van der Waals surface area contributed by atoms with Crippen molar-refractivity contribution < 1.29 is 19.5 Å². The minimum absolute atomic E-state index is 0.0862. The highest BCUT2D eigenvalue weighted by atomic mass is 16.4. The van der Waals surface area contributed by atoms with Gasteiger partial charge in [-0.1, -0.05) is 13.8 Å². The van der Waals surface area contributed by atoms with Crippen molar-refractivity contribution in [2.24, 2.45) is 11.7 Å². The number of nitrogens with zero attached hydrogens (tertiary/aromatic N) is 2. The molecule has 1 aromatic rings. The summed E-state index contributed by atoms with van der Waals surface area (Å²) in [6, 6.07) is -0.826. The molecule has 0 aliphatic carbocycles. The second-order valence-corrected chi connectivity index (χ2v) is 4.19. The van der Waals surface area contributed by atoms with Crippen LogP contribution in [-0.2, 0) is 4.79 Å². The topological polar surface area (TPSA) is 135 Å². The molecule has 1 heterocycles. The Labute approximate surface area is 109 Å². The maximum atomic E-state index is 11.8. The molecule has 0 aliphatic rings. The van der Waals surface area contributed by atoms with Crippen LogP contribution in [0.5, 0.6) is 0 Å². The van der Waals surface area contributed by atoms with E-state index in [2.05, 4.69) is 15.3 Å². The number of primary amides is 1. The first-order valence-corrected chi connectivity index (χ1v) is 5.48. The Morgan fingerprint density at radius 3 is 2.11 bits per heavy atom. The van der Waals surface area contributed by atoms with Crippen LogP contribution in [0.25, 0.3) is 0 Å². The first kappa shape index (κ1) is 14.6. The number of hydrogen-bond acceptors (Lipinski definition) is 5. The van der Waals surface area contributed by atoms with Gasteiger partial charge in [0.25, 0.3) is 5.91 Å². The zero-order valence-electron chi connectivity index (χ0n) is 10.5. The number of nitrogens with two attached hydrogens (primary N) is 1. The summed E-state index contributed by atoms with van der Waals surface area (Å²) in [5, 5.41) is 11.1. The van der Waals surface area contributed by atoms with Crippen LogP contribution in [0, 0.1) is 5.92 Å². The fourth-order valence-corrected chi connectivity index (χ4v) is 1.34. The lowest BCUT2D eigenvalue weighted by atomic mass is 10.0. The minimum Gasteiger partial charge on any atom is -0.476 e. The van der Waals surface area contributed by atoms with Crippen LogP contribution in [0.4, 0.5) is 0 Å². The van der Waals surface area contributed by atoms with Crippen molar-refractivity contribution in [2.75, 3.05) is 0 Å². The molecular weight excluding hydrogens is 252 g/mol. The van der Waals surface area contributed by atoms with Crippen LogP contribution >= 0.6 is 0 Å². The lowest BCUT2D eigenvalue weighted by Gasteiger charge is -2.18. The molecule has 1 aromatic heterocycles. The van der Waals surface area contributed by atoms with Crippen LogP contribution in [0.15, 0.2) is 12.4 Å². The van der Waals surface area contributed by atoms with Gasteiger partial charge in [0.05, 0.1) is 12.4 Å². The van der Waals surface area contributed by atoms with Gasteiger partial charge in [-0.15, -0.1) is 0 Å². The number of rotatable bonds is 5. The Kier molecular flexibility index (Phi) is 4.51. The third-order valence-corrected chi connectivity index (χ3v) is 2.36. The highest BCUT2D eigenvalue weighted by Crippen LogP contribution is 2.03. The summed E-state index contributed by atoms with van der Waals surface area (Å²) in [5.41, 5.74) is 4.80. The molecule has 4 N–H and O–H groups in total. The number of aromatic nitrogens is 2. The Morgan fingerprint density at radius 1 is 1.21 bits per heavy atom. The number of amides is 2. The highest BCUT2D eigenvalue weighted by Gasteiger charge is 2.23. The molecular formula is C11H14N4O4. The van der Waals surface area contributed by atoms with E-state index in [9.17, 15) is 14.4 Å². The van der Waals surface area contributed by atoms with Crippen molar-refractivity contribution in [3.8, 4) is 0 Å². The molecule has 0 saturated heterocycles. The fourth-order valence-electron chi connectivity index (χ4n) is 1.34. The number of aromatic carboxylic acids is 1. The second kappa shape index (κ2) is 5.89. The second-order valence-electron chi connectivity index (χ2n) is 4.19. The molecule has 0 radical (unpaired) electrons. The molecule has 0 aromatic carbocycles. The maximum Gasteiger partial charge on any atom is 0.356 e. The molecule has 0 bridgehead atoms. The van der Waals surface area contributed by atoms with Gasteiger partial charge >= 0.3 is 5.97 Å². The van der Waals surface area contributed by atoms with Gasteiger partial charge in [-0.05, 0) is 5.92 Å². The molecule has 102 valence electrons. The number of carboxylic acid groups (broad SMARTS) is 1. The van der Waals surface area contributed by atoms with Crippen molar-refractivity contribution in [1.29, 1.82) is 0 Å². The normalized spacial score (nSPS) is 11.9. The quantitative estimate of drug-likeness (QED) is 0.652. The van der Waals surface area contributed by atoms with Crippen molar-refractivity contribution in [3.05, 3.63) is 23.8 Å². The van der Waals surface area contributed by atoms with Crippen molar-refractivity contribution in [1.82, 2.24) is 15.3 Å². The summed E-state index contributed by atoms with van der Waals surface area (Å²) in [5.74, 6) is -2.70. The molecule has 2 amide bonds. The van der Waals surface area contributed by atoms with Crippen molar-refractivity contribution in [2.45, 2.75) is 19.9 Å². The SMILES string of the molecule is CC(C)C(NC(=O)c1cnc(C(=O)O)cn1)C(N)=O. The molecule has 0 fully saturated rings. The average molecular weight is 266 g/mol. The zero-order valence-corrected chi connectivity index (χ0v) is 10.5. The van der Waals surface area contributed by atoms with E-state index in [4.69, 9.17) is 10.8 Å². The molecule has 19 heavy (non-hydrogen) atoms. The standard InChI is InChI=1S/C11H14N4O4/c1-5(2)8(9(12)16)15-10(17)6-3-14-7(4-13-6)11(18)19/h3-5,8H,1-2H3,(H2,12,16)(H,15,17)(H,18,19). The molecule has 1 rings (SSSR count). The summed E-state index contributed by atoms with van der Waals surface area (Å²) in [7, 11) is 0. The number of carboxylic acids is 1. The molecule has 1 atom stereocenters. The number of carbonyl (C=O) groups excluding carboxylic acids is 2. The monoisotopic (exact) mass is 266 g/mol. The van der Waals surface area contributed by atoms with Gasteiger partial charge < -0.3 is 16.2 Å². The van der Waals surface area contributed by atoms with E-state index < -0.39 is 23.8 Å². The summed E-state index contributed by atoms with van der Waals surface area (Å²) in [4.78, 5) is 40.7. The number of hydrogen-bond donors (Lipinski definition) is 3. The van der Waals surface area contributed by atoms with Crippen LogP contribution < -0.4 is 11.1 Å². The molecule has 8 heteroatoms. The summed E-state index contributed by atoms with van der Waals surface area (Å²) >= 11 is 0. The predicted molar refractivity (Wildman–Crippen MR) is 64.3 cm³/mol. The van der Waals surface area contributed by atoms with Crippen molar-refractivity contribution in [3.63, 3.8) is 0 Å². The lowest BCUT2D eigenvalue weighted by molar-refractivity contribution is -0.120. The van der Waals surface area contributed by atoms with Gasteiger partial charge in [-0.3, -0.25) is 9.59 Å². The average Bonchev–Trinajstić information content (AvgIpc) is 2.34. The van der Waals surface area contributed by atoms with E-state index in [1.165, 1.54) is 0 Å². The Hall–Kier alpha value is -2.51. The van der Waals surface area contributed by atoms with Crippen molar-refractivity contribution >= 4 is 17.8 Å². The maximum absolute atomic E-state index is 11.8. The van der Waals surface area contributed by atoms with E-state index in [0.717, 1.165) is 12.4 Å². The van der Waals surface area contributed by atoms with Crippen LogP contribution in [0.3, 0.4) is 0 Å². The number of carbonyl (C=O) groups is 3. The molecule has 1 unspecified atom stereocenters. The lowest BCUT2D eigenvalue weighted by Crippen LogP contribution is -2.47. The van der Waals surface area contributed by atoms with Crippen LogP contribution in [0.2, 0.25) is 0 Å². The van der Waals surface area contributed by atoms with Gasteiger partial charge in [-0.25, -0.2) is 14.8 Å². The Bertz CT molecular complexity index is 498. The van der Waals surface area contributed by atoms with Gasteiger partial charge in [0.2, 0.25) is 5.91 Å². The van der Waals surface area contributed by atoms with Gasteiger partial charge in [0, 0.05) is 0 Å². The smallest absolute Gasteiger partial charge is 0.356 e. The van der Waals surface area contributed by atoms with Gasteiger partial charge in [0.15, 0.2) is 5.69 Å². The summed E-state index contributed by atoms with van der Waals surface area (Å²) in [6.45, 7) is 3.46. The summed E-state index contributed by atoms with van der Waals surface area (Å²) < 4.78 is 0. The van der Waals surface area contributed by atoms with Crippen LogP contribution in [-0.4, -0.2) is 38.9 Å². The zero-order chi connectivity index (χ0) is 14.6. The van der Waals surface area contributed by atoms with E-state index in [-0.39, 0.29) is 17.3 Å². The Balaban J connectivity index is 2.83. The molecule has 0 saturated carbocycles. The third kappa shape index (κ3) is 3.73. The molecule has 0 aliphatic heterocycles. The van der Waals surface area contributed by atoms with E-state index in [1.807, 2.05) is 0 Å². The Morgan fingerprint density at radius 2 is 1.74 bits per heavy atom. The molecule has 0 spiro atoms. The highest BCUT2D eigenvalue weighted by molar-refractivity contribution is 5.96. The predicted octanol–water partition coefficient (Wildman–Crippen LogP) is -0.585. The largest absolute Gasteiger partial charge is 0.476 e. The third-order valence-electron chi connectivity index (χ3n) is 2.36. The number of nitrogens with one attached hydrogen (secondary N) is 1. The van der Waals surface area contributed by atoms with Gasteiger partial charge in [0.1, 0.15) is 11.7 Å². The first-order chi connectivity index (χ1) is 8.82. The first-order valence-electron chi connectivity index (χ1n) is 5.48. The van der Waals surface area contributed by atoms with Gasteiger partial charge in [-0.2, -0.15) is 0 Å².